The van der Waals surface area contributed by atoms with Gasteiger partial charge in [-0.2, -0.15) is 0 Å². The maximum atomic E-state index is 5.95. The number of rotatable bonds is 10. The van der Waals surface area contributed by atoms with E-state index < -0.39 is 0 Å². The molecule has 0 amide bonds. The maximum Gasteiger partial charge on any atom is 0.0637 e. The molecule has 0 aliphatic rings. The van der Waals surface area contributed by atoms with Crippen LogP contribution in [0.25, 0.3) is 0 Å². The van der Waals surface area contributed by atoms with Crippen molar-refractivity contribution >= 4 is 5.69 Å². The first kappa shape index (κ1) is 17.0. The van der Waals surface area contributed by atoms with Gasteiger partial charge in [0.1, 0.15) is 0 Å². The fourth-order valence-electron chi connectivity index (χ4n) is 2.29. The lowest BCUT2D eigenvalue weighted by molar-refractivity contribution is 0.191. The molecule has 0 aliphatic carbocycles. The third-order valence-electron chi connectivity index (χ3n) is 3.22. The first-order chi connectivity index (χ1) is 9.69. The zero-order chi connectivity index (χ0) is 14.8. The van der Waals surface area contributed by atoms with Gasteiger partial charge >= 0.3 is 0 Å². The van der Waals surface area contributed by atoms with E-state index in [1.54, 1.807) is 14.2 Å². The SMILES string of the molecule is COCCCN(CCOC)c1ccccc1CC(C)N. The van der Waals surface area contributed by atoms with Crippen molar-refractivity contribution in [1.29, 1.82) is 0 Å². The molecule has 2 N–H and O–H groups in total. The van der Waals surface area contributed by atoms with Crippen LogP contribution in [0, 0.1) is 0 Å². The smallest absolute Gasteiger partial charge is 0.0637 e. The minimum atomic E-state index is 0.166. The maximum absolute atomic E-state index is 5.95. The van der Waals surface area contributed by atoms with Crippen LogP contribution in [0.4, 0.5) is 5.69 Å². The molecule has 1 aromatic rings. The number of hydrogen-bond donors (Lipinski definition) is 1. The number of anilines is 1. The Bertz CT molecular complexity index is 369. The fourth-order valence-corrected chi connectivity index (χ4v) is 2.29. The Labute approximate surface area is 122 Å². The molecule has 0 saturated carbocycles. The number of ether oxygens (including phenoxy) is 2. The van der Waals surface area contributed by atoms with Crippen LogP contribution in [0.1, 0.15) is 18.9 Å². The van der Waals surface area contributed by atoms with E-state index in [0.717, 1.165) is 39.1 Å². The standard InChI is InChI=1S/C16H28N2O2/c1-14(17)13-15-7-4-5-8-16(15)18(10-12-20-3)9-6-11-19-2/h4-5,7-8,14H,6,9-13,17H2,1-3H3. The summed E-state index contributed by atoms with van der Waals surface area (Å²) in [6, 6.07) is 8.65. The van der Waals surface area contributed by atoms with E-state index in [1.807, 2.05) is 6.92 Å². The van der Waals surface area contributed by atoms with E-state index in [1.165, 1.54) is 11.3 Å². The molecule has 0 heterocycles. The second-order valence-electron chi connectivity index (χ2n) is 5.14. The fraction of sp³-hybridized carbons (Fsp3) is 0.625. The van der Waals surface area contributed by atoms with Gasteiger partial charge in [0.25, 0.3) is 0 Å². The van der Waals surface area contributed by atoms with Gasteiger partial charge in [-0.3, -0.25) is 0 Å². The lowest BCUT2D eigenvalue weighted by Crippen LogP contribution is -2.30. The minimum Gasteiger partial charge on any atom is -0.385 e. The molecule has 1 aromatic carbocycles. The van der Waals surface area contributed by atoms with Crippen molar-refractivity contribution in [3.8, 4) is 0 Å². The Hall–Kier alpha value is -1.10. The molecule has 1 rings (SSSR count). The van der Waals surface area contributed by atoms with Crippen LogP contribution in [0.2, 0.25) is 0 Å². The normalized spacial score (nSPS) is 12.4. The molecule has 0 bridgehead atoms. The number of para-hydroxylation sites is 1. The molecule has 4 heteroatoms. The second-order valence-corrected chi connectivity index (χ2v) is 5.14. The molecule has 0 saturated heterocycles. The van der Waals surface area contributed by atoms with Gasteiger partial charge < -0.3 is 20.1 Å². The summed E-state index contributed by atoms with van der Waals surface area (Å²) in [5.41, 5.74) is 8.52. The van der Waals surface area contributed by atoms with Crippen molar-refractivity contribution in [3.63, 3.8) is 0 Å². The molecule has 1 atom stereocenters. The van der Waals surface area contributed by atoms with Gasteiger partial charge in [-0.25, -0.2) is 0 Å². The molecule has 0 fully saturated rings. The highest BCUT2D eigenvalue weighted by atomic mass is 16.5. The highest BCUT2D eigenvalue weighted by molar-refractivity contribution is 5.54. The van der Waals surface area contributed by atoms with Gasteiger partial charge in [-0.05, 0) is 31.4 Å². The summed E-state index contributed by atoms with van der Waals surface area (Å²) < 4.78 is 10.4. The van der Waals surface area contributed by atoms with Gasteiger partial charge in [0.2, 0.25) is 0 Å². The lowest BCUT2D eigenvalue weighted by Gasteiger charge is -2.27. The largest absolute Gasteiger partial charge is 0.385 e. The summed E-state index contributed by atoms with van der Waals surface area (Å²) in [6.45, 7) is 5.39. The molecule has 1 unspecified atom stereocenters. The highest BCUT2D eigenvalue weighted by Gasteiger charge is 2.11. The molecule has 0 aliphatic heterocycles. The number of nitrogens with two attached hydrogens (primary N) is 1. The van der Waals surface area contributed by atoms with E-state index in [2.05, 4.69) is 29.2 Å². The molecule has 0 aromatic heterocycles. The summed E-state index contributed by atoms with van der Waals surface area (Å²) in [4.78, 5) is 2.36. The molecular weight excluding hydrogens is 252 g/mol. The van der Waals surface area contributed by atoms with Crippen molar-refractivity contribution in [1.82, 2.24) is 0 Å². The second kappa shape index (κ2) is 9.75. The number of methoxy groups -OCH3 is 2. The lowest BCUT2D eigenvalue weighted by atomic mass is 10.0. The zero-order valence-corrected chi connectivity index (χ0v) is 13.0. The van der Waals surface area contributed by atoms with E-state index in [-0.39, 0.29) is 6.04 Å². The third kappa shape index (κ3) is 5.90. The Morgan fingerprint density at radius 1 is 1.10 bits per heavy atom. The minimum absolute atomic E-state index is 0.166. The molecule has 114 valence electrons. The molecular formula is C16H28N2O2. The van der Waals surface area contributed by atoms with Crippen LogP contribution in [-0.2, 0) is 15.9 Å². The van der Waals surface area contributed by atoms with Crippen molar-refractivity contribution in [2.75, 3.05) is 45.4 Å². The van der Waals surface area contributed by atoms with Gasteiger partial charge in [-0.15, -0.1) is 0 Å². The van der Waals surface area contributed by atoms with Crippen LogP contribution in [0.3, 0.4) is 0 Å². The first-order valence-corrected chi connectivity index (χ1v) is 7.25. The molecule has 0 radical (unpaired) electrons. The van der Waals surface area contributed by atoms with Gasteiger partial charge in [0.05, 0.1) is 6.61 Å². The zero-order valence-electron chi connectivity index (χ0n) is 13.0. The predicted octanol–water partition coefficient (Wildman–Crippen LogP) is 2.07. The number of nitrogens with zero attached hydrogens (tertiary/aromatic N) is 1. The van der Waals surface area contributed by atoms with Crippen LogP contribution in [-0.4, -0.2) is 46.6 Å². The van der Waals surface area contributed by atoms with Crippen molar-refractivity contribution in [2.24, 2.45) is 5.73 Å². The van der Waals surface area contributed by atoms with Crippen LogP contribution in [0.5, 0.6) is 0 Å². The Kier molecular flexibility index (Phi) is 8.26. The number of hydrogen-bond acceptors (Lipinski definition) is 4. The monoisotopic (exact) mass is 280 g/mol. The van der Waals surface area contributed by atoms with E-state index in [4.69, 9.17) is 15.2 Å². The summed E-state index contributed by atoms with van der Waals surface area (Å²) in [6.07, 6.45) is 1.90. The van der Waals surface area contributed by atoms with Gasteiger partial charge in [0.15, 0.2) is 0 Å². The summed E-state index contributed by atoms with van der Waals surface area (Å²) in [7, 11) is 3.48. The van der Waals surface area contributed by atoms with Crippen LogP contribution < -0.4 is 10.6 Å². The third-order valence-corrected chi connectivity index (χ3v) is 3.22. The number of benzene rings is 1. The van der Waals surface area contributed by atoms with Crippen LogP contribution >= 0.6 is 0 Å². The Morgan fingerprint density at radius 2 is 1.80 bits per heavy atom. The van der Waals surface area contributed by atoms with Gasteiger partial charge in [0, 0.05) is 45.6 Å². The Morgan fingerprint density at radius 3 is 2.45 bits per heavy atom. The van der Waals surface area contributed by atoms with Crippen molar-refractivity contribution in [3.05, 3.63) is 29.8 Å². The van der Waals surface area contributed by atoms with E-state index in [0.29, 0.717) is 0 Å². The van der Waals surface area contributed by atoms with E-state index >= 15 is 0 Å². The molecule has 4 nitrogen and oxygen atoms in total. The van der Waals surface area contributed by atoms with E-state index in [9.17, 15) is 0 Å². The Balaban J connectivity index is 2.81. The summed E-state index contributed by atoms with van der Waals surface area (Å²) in [5, 5.41) is 0. The van der Waals surface area contributed by atoms with Crippen molar-refractivity contribution < 1.29 is 9.47 Å². The molecule has 20 heavy (non-hydrogen) atoms. The first-order valence-electron chi connectivity index (χ1n) is 7.25. The van der Waals surface area contributed by atoms with Crippen LogP contribution in [0.15, 0.2) is 24.3 Å². The average Bonchev–Trinajstić information content (AvgIpc) is 2.43. The molecule has 0 spiro atoms. The summed E-state index contributed by atoms with van der Waals surface area (Å²) in [5.74, 6) is 0. The quantitative estimate of drug-likeness (QED) is 0.667. The topological polar surface area (TPSA) is 47.7 Å². The summed E-state index contributed by atoms with van der Waals surface area (Å²) >= 11 is 0. The van der Waals surface area contributed by atoms with Crippen molar-refractivity contribution in [2.45, 2.75) is 25.8 Å². The van der Waals surface area contributed by atoms with Gasteiger partial charge in [-0.1, -0.05) is 18.2 Å². The predicted molar refractivity (Wildman–Crippen MR) is 84.4 cm³/mol. The average molecular weight is 280 g/mol. The highest BCUT2D eigenvalue weighted by Crippen LogP contribution is 2.21.